The van der Waals surface area contributed by atoms with Crippen LogP contribution < -0.4 is 20.3 Å². The molecule has 0 spiro atoms. The number of hydrogen-bond acceptors (Lipinski definition) is 7. The summed E-state index contributed by atoms with van der Waals surface area (Å²) in [6, 6.07) is 9.05. The zero-order valence-corrected chi connectivity index (χ0v) is 17.7. The maximum absolute atomic E-state index is 14.0. The van der Waals surface area contributed by atoms with E-state index in [4.69, 9.17) is 14.2 Å². The number of ether oxygens (including phenoxy) is 3. The third-order valence-corrected chi connectivity index (χ3v) is 5.62. The lowest BCUT2D eigenvalue weighted by atomic mass is 10.1. The Balaban J connectivity index is 1.56. The van der Waals surface area contributed by atoms with Crippen molar-refractivity contribution in [1.29, 1.82) is 0 Å². The van der Waals surface area contributed by atoms with E-state index in [0.717, 1.165) is 11.3 Å². The van der Waals surface area contributed by atoms with Crippen molar-refractivity contribution < 1.29 is 33.0 Å². The van der Waals surface area contributed by atoms with E-state index in [9.17, 15) is 18.8 Å². The van der Waals surface area contributed by atoms with E-state index in [1.807, 2.05) is 0 Å². The van der Waals surface area contributed by atoms with E-state index in [1.54, 1.807) is 25.1 Å². The van der Waals surface area contributed by atoms with E-state index in [0.29, 0.717) is 27.1 Å². The molecule has 0 saturated heterocycles. The summed E-state index contributed by atoms with van der Waals surface area (Å²) < 4.78 is 29.8. The lowest BCUT2D eigenvalue weighted by Crippen LogP contribution is -2.43. The predicted molar refractivity (Wildman–Crippen MR) is 112 cm³/mol. The SMILES string of the molecule is COc1ccc(C(=O)NNC(=O)COC(=O)c2sc3cccc(F)c3c2C)cc1OC. The molecule has 2 N–H and O–H groups in total. The fourth-order valence-electron chi connectivity index (χ4n) is 2.86. The number of rotatable bonds is 6. The molecule has 2 aromatic carbocycles. The van der Waals surface area contributed by atoms with E-state index >= 15 is 0 Å². The van der Waals surface area contributed by atoms with Crippen LogP contribution in [-0.2, 0) is 9.53 Å². The van der Waals surface area contributed by atoms with Crippen molar-refractivity contribution in [1.82, 2.24) is 10.9 Å². The molecule has 0 atom stereocenters. The number of benzene rings is 2. The van der Waals surface area contributed by atoms with Gasteiger partial charge in [0.2, 0.25) is 0 Å². The molecular formula is C21H19FN2O6S. The first kappa shape index (κ1) is 22.0. The number of esters is 1. The van der Waals surface area contributed by atoms with Crippen molar-refractivity contribution in [2.45, 2.75) is 6.92 Å². The second-order valence-electron chi connectivity index (χ2n) is 6.32. The first-order chi connectivity index (χ1) is 14.8. The molecule has 0 radical (unpaired) electrons. The Hall–Kier alpha value is -3.66. The van der Waals surface area contributed by atoms with Crippen LogP contribution in [0.2, 0.25) is 0 Å². The molecule has 2 amide bonds. The van der Waals surface area contributed by atoms with Gasteiger partial charge in [0, 0.05) is 15.6 Å². The number of thiophene rings is 1. The zero-order chi connectivity index (χ0) is 22.5. The van der Waals surface area contributed by atoms with Gasteiger partial charge < -0.3 is 14.2 Å². The molecule has 0 aliphatic heterocycles. The summed E-state index contributed by atoms with van der Waals surface area (Å²) >= 11 is 1.08. The molecule has 1 aromatic heterocycles. The van der Waals surface area contributed by atoms with Gasteiger partial charge in [-0.05, 0) is 42.8 Å². The van der Waals surface area contributed by atoms with Gasteiger partial charge in [0.25, 0.3) is 11.8 Å². The van der Waals surface area contributed by atoms with Crippen LogP contribution in [0.15, 0.2) is 36.4 Å². The number of halogens is 1. The molecule has 0 aliphatic rings. The first-order valence-electron chi connectivity index (χ1n) is 9.01. The quantitative estimate of drug-likeness (QED) is 0.446. The van der Waals surface area contributed by atoms with Gasteiger partial charge in [-0.3, -0.25) is 20.4 Å². The van der Waals surface area contributed by atoms with Crippen LogP contribution in [0.5, 0.6) is 11.5 Å². The van der Waals surface area contributed by atoms with Gasteiger partial charge in [-0.1, -0.05) is 6.07 Å². The largest absolute Gasteiger partial charge is 0.493 e. The molecule has 0 fully saturated rings. The molecule has 31 heavy (non-hydrogen) atoms. The van der Waals surface area contributed by atoms with Crippen molar-refractivity contribution in [3.8, 4) is 11.5 Å². The van der Waals surface area contributed by atoms with E-state index in [2.05, 4.69) is 10.9 Å². The Morgan fingerprint density at radius 3 is 2.45 bits per heavy atom. The molecule has 8 nitrogen and oxygen atoms in total. The Kier molecular flexibility index (Phi) is 6.71. The van der Waals surface area contributed by atoms with Crippen LogP contribution in [0.1, 0.15) is 25.6 Å². The number of hydrazine groups is 1. The predicted octanol–water partition coefficient (Wildman–Crippen LogP) is 2.98. The highest BCUT2D eigenvalue weighted by Gasteiger charge is 2.20. The first-order valence-corrected chi connectivity index (χ1v) is 9.83. The molecule has 0 unspecified atom stereocenters. The Morgan fingerprint density at radius 1 is 1.03 bits per heavy atom. The number of fused-ring (bicyclic) bond motifs is 1. The smallest absolute Gasteiger partial charge is 0.349 e. The normalized spacial score (nSPS) is 10.5. The molecule has 10 heteroatoms. The molecule has 162 valence electrons. The van der Waals surface area contributed by atoms with Crippen LogP contribution in [-0.4, -0.2) is 38.6 Å². The molecule has 3 aromatic rings. The van der Waals surface area contributed by atoms with Gasteiger partial charge in [-0.15, -0.1) is 11.3 Å². The topological polar surface area (TPSA) is 103 Å². The standard InChI is InChI=1S/C21H19FN2O6S/c1-11-18-13(22)5-4-6-16(18)31-19(11)21(27)30-10-17(25)23-24-20(26)12-7-8-14(28-2)15(9-12)29-3/h4-9H,10H2,1-3H3,(H,23,25)(H,24,26). The van der Waals surface area contributed by atoms with Gasteiger partial charge >= 0.3 is 5.97 Å². The van der Waals surface area contributed by atoms with Crippen LogP contribution in [0.4, 0.5) is 4.39 Å². The zero-order valence-electron chi connectivity index (χ0n) is 16.9. The number of amides is 2. The molecule has 1 heterocycles. The summed E-state index contributed by atoms with van der Waals surface area (Å²) in [6.07, 6.45) is 0. The van der Waals surface area contributed by atoms with Gasteiger partial charge in [-0.2, -0.15) is 0 Å². The lowest BCUT2D eigenvalue weighted by Gasteiger charge is -2.11. The summed E-state index contributed by atoms with van der Waals surface area (Å²) in [5, 5.41) is 0.353. The van der Waals surface area contributed by atoms with E-state index in [-0.39, 0.29) is 10.4 Å². The number of aryl methyl sites for hydroxylation is 1. The van der Waals surface area contributed by atoms with Crippen molar-refractivity contribution in [3.63, 3.8) is 0 Å². The van der Waals surface area contributed by atoms with Crippen LogP contribution >= 0.6 is 11.3 Å². The fourth-order valence-corrected chi connectivity index (χ4v) is 3.97. The summed E-state index contributed by atoms with van der Waals surface area (Å²) in [5.74, 6) is -1.72. The summed E-state index contributed by atoms with van der Waals surface area (Å²) in [7, 11) is 2.90. The maximum atomic E-state index is 14.0. The van der Waals surface area contributed by atoms with Crippen LogP contribution in [0.3, 0.4) is 0 Å². The van der Waals surface area contributed by atoms with E-state index in [1.165, 1.54) is 32.4 Å². The molecule has 3 rings (SSSR count). The van der Waals surface area contributed by atoms with Gasteiger partial charge in [0.1, 0.15) is 10.7 Å². The monoisotopic (exact) mass is 446 g/mol. The third-order valence-electron chi connectivity index (χ3n) is 4.38. The lowest BCUT2D eigenvalue weighted by molar-refractivity contribution is -0.125. The number of nitrogens with one attached hydrogen (secondary N) is 2. The average Bonchev–Trinajstić information content (AvgIpc) is 3.12. The second kappa shape index (κ2) is 9.43. The molecular weight excluding hydrogens is 427 g/mol. The minimum absolute atomic E-state index is 0.210. The van der Waals surface area contributed by atoms with Crippen molar-refractivity contribution in [3.05, 3.63) is 58.2 Å². The summed E-state index contributed by atoms with van der Waals surface area (Å²) in [4.78, 5) is 36.7. The van der Waals surface area contributed by atoms with E-state index < -0.39 is 30.2 Å². The Morgan fingerprint density at radius 2 is 1.77 bits per heavy atom. The highest BCUT2D eigenvalue weighted by atomic mass is 32.1. The molecule has 0 aliphatic carbocycles. The van der Waals surface area contributed by atoms with Crippen LogP contribution in [0.25, 0.3) is 10.1 Å². The minimum atomic E-state index is -0.750. The maximum Gasteiger partial charge on any atom is 0.349 e. The molecule has 0 bridgehead atoms. The van der Waals surface area contributed by atoms with Gasteiger partial charge in [-0.25, -0.2) is 9.18 Å². The Labute approximate surface area is 180 Å². The van der Waals surface area contributed by atoms with Gasteiger partial charge in [0.15, 0.2) is 18.1 Å². The Bertz CT molecular complexity index is 1160. The van der Waals surface area contributed by atoms with Gasteiger partial charge in [0.05, 0.1) is 14.2 Å². The van der Waals surface area contributed by atoms with Crippen LogP contribution in [0, 0.1) is 12.7 Å². The van der Waals surface area contributed by atoms with Crippen molar-refractivity contribution in [2.24, 2.45) is 0 Å². The number of carbonyl (C=O) groups excluding carboxylic acids is 3. The number of carbonyl (C=O) groups is 3. The summed E-state index contributed by atoms with van der Waals surface area (Å²) in [5.41, 5.74) is 5.05. The minimum Gasteiger partial charge on any atom is -0.493 e. The highest BCUT2D eigenvalue weighted by molar-refractivity contribution is 7.21. The second-order valence-corrected chi connectivity index (χ2v) is 7.37. The number of methoxy groups -OCH3 is 2. The molecule has 0 saturated carbocycles. The highest BCUT2D eigenvalue weighted by Crippen LogP contribution is 2.33. The van der Waals surface area contributed by atoms with Crippen molar-refractivity contribution >= 4 is 39.2 Å². The summed E-state index contributed by atoms with van der Waals surface area (Å²) in [6.45, 7) is 0.989. The average molecular weight is 446 g/mol. The van der Waals surface area contributed by atoms with Crippen molar-refractivity contribution in [2.75, 3.05) is 20.8 Å². The third kappa shape index (κ3) is 4.75. The fraction of sp³-hybridized carbons (Fsp3) is 0.190. The number of hydrogen-bond donors (Lipinski definition) is 2.